The molecular weight excluding hydrogens is 380 g/mol. The predicted octanol–water partition coefficient (Wildman–Crippen LogP) is 6.78. The van der Waals surface area contributed by atoms with Crippen molar-refractivity contribution in [3.05, 3.63) is 41.0 Å². The summed E-state index contributed by atoms with van der Waals surface area (Å²) in [7, 11) is 0. The van der Waals surface area contributed by atoms with Crippen molar-refractivity contribution in [2.75, 3.05) is 0 Å². The normalized spacial score (nSPS) is 43.6. The van der Waals surface area contributed by atoms with Gasteiger partial charge in [-0.25, -0.2) is 0 Å². The Morgan fingerprint density at radius 3 is 2.45 bits per heavy atom. The van der Waals surface area contributed by atoms with Crippen molar-refractivity contribution >= 4 is 11.9 Å². The molecule has 0 radical (unpaired) electrons. The van der Waals surface area contributed by atoms with Gasteiger partial charge in [0, 0.05) is 5.41 Å². The van der Waals surface area contributed by atoms with Gasteiger partial charge in [-0.15, -0.1) is 0 Å². The molecule has 4 saturated carbocycles. The SMILES string of the molecule is CC(C)c1ccc(/C=C2\C[C@H]3[C@@H]4CC[C@H]5C[C@@H](O)CC[C@]5(C)[C@H]4CC[C@]3(C)C2=O)cc1. The molecule has 168 valence electrons. The van der Waals surface area contributed by atoms with Gasteiger partial charge in [-0.3, -0.25) is 4.79 Å². The zero-order valence-corrected chi connectivity index (χ0v) is 19.9. The highest BCUT2D eigenvalue weighted by Crippen LogP contribution is 2.66. The lowest BCUT2D eigenvalue weighted by Gasteiger charge is -2.59. The number of fused-ring (bicyclic) bond motifs is 5. The van der Waals surface area contributed by atoms with Crippen molar-refractivity contribution in [3.63, 3.8) is 0 Å². The van der Waals surface area contributed by atoms with Crippen LogP contribution < -0.4 is 0 Å². The molecule has 7 atom stereocenters. The number of carbonyl (C=O) groups is 1. The fraction of sp³-hybridized carbons (Fsp3) is 0.690. The van der Waals surface area contributed by atoms with Crippen molar-refractivity contribution < 1.29 is 9.90 Å². The van der Waals surface area contributed by atoms with E-state index in [1.165, 1.54) is 36.8 Å². The van der Waals surface area contributed by atoms with Crippen molar-refractivity contribution in [2.45, 2.75) is 91.1 Å². The molecule has 2 heteroatoms. The minimum absolute atomic E-state index is 0.0897. The number of hydrogen-bond acceptors (Lipinski definition) is 2. The van der Waals surface area contributed by atoms with E-state index in [4.69, 9.17) is 0 Å². The van der Waals surface area contributed by atoms with Crippen LogP contribution in [0.1, 0.15) is 96.1 Å². The quantitative estimate of drug-likeness (QED) is 0.536. The third-order valence-corrected chi connectivity index (χ3v) is 10.2. The summed E-state index contributed by atoms with van der Waals surface area (Å²) in [4.78, 5) is 13.6. The summed E-state index contributed by atoms with van der Waals surface area (Å²) in [6.45, 7) is 9.24. The molecule has 0 bridgehead atoms. The Hall–Kier alpha value is -1.41. The van der Waals surface area contributed by atoms with Gasteiger partial charge in [-0.2, -0.15) is 0 Å². The summed E-state index contributed by atoms with van der Waals surface area (Å²) in [5.41, 5.74) is 3.79. The van der Waals surface area contributed by atoms with Gasteiger partial charge in [0.2, 0.25) is 0 Å². The van der Waals surface area contributed by atoms with Gasteiger partial charge in [-0.05, 0) is 109 Å². The molecule has 4 aliphatic carbocycles. The Kier molecular flexibility index (Phi) is 5.24. The van der Waals surface area contributed by atoms with Crippen LogP contribution in [-0.2, 0) is 4.79 Å². The number of hydrogen-bond donors (Lipinski definition) is 1. The second-order valence-electron chi connectivity index (χ2n) is 12.1. The average molecular weight is 421 g/mol. The number of Topliss-reactive ketones (excluding diaryl/α,β-unsaturated/α-hetero) is 1. The molecule has 1 aromatic rings. The summed E-state index contributed by atoms with van der Waals surface area (Å²) in [6, 6.07) is 8.78. The molecular formula is C29H40O2. The standard InChI is InChI=1S/C29H40O2/c1-18(2)20-7-5-19(6-8-20)15-21-16-26-24-10-9-22-17-23(30)11-13-28(22,3)25(24)12-14-29(26,4)27(21)31/h5-8,15,18,22-26,30H,9-14,16-17H2,1-4H3/b21-15+/t22-,23-,24+,25-,26-,28-,29-/m0/s1. The summed E-state index contributed by atoms with van der Waals surface area (Å²) in [5.74, 6) is 3.54. The first-order valence-electron chi connectivity index (χ1n) is 12.8. The minimum atomic E-state index is -0.164. The zero-order valence-electron chi connectivity index (χ0n) is 19.9. The molecule has 0 spiro atoms. The van der Waals surface area contributed by atoms with E-state index in [2.05, 4.69) is 58.0 Å². The summed E-state index contributed by atoms with van der Waals surface area (Å²) in [5, 5.41) is 10.3. The second kappa shape index (κ2) is 7.58. The van der Waals surface area contributed by atoms with Crippen molar-refractivity contribution in [2.24, 2.45) is 34.5 Å². The molecule has 0 aromatic heterocycles. The monoisotopic (exact) mass is 420 g/mol. The fourth-order valence-corrected chi connectivity index (χ4v) is 8.21. The van der Waals surface area contributed by atoms with Gasteiger partial charge in [0.1, 0.15) is 0 Å². The molecule has 2 nitrogen and oxygen atoms in total. The Morgan fingerprint density at radius 2 is 1.74 bits per heavy atom. The molecule has 0 unspecified atom stereocenters. The van der Waals surface area contributed by atoms with E-state index in [-0.39, 0.29) is 11.5 Å². The van der Waals surface area contributed by atoms with Gasteiger partial charge in [0.15, 0.2) is 5.78 Å². The lowest BCUT2D eigenvalue weighted by atomic mass is 9.45. The Balaban J connectivity index is 1.41. The summed E-state index contributed by atoms with van der Waals surface area (Å²) >= 11 is 0. The number of allylic oxidation sites excluding steroid dienone is 1. The first-order chi connectivity index (χ1) is 14.7. The highest BCUT2D eigenvalue weighted by atomic mass is 16.3. The largest absolute Gasteiger partial charge is 0.393 e. The van der Waals surface area contributed by atoms with E-state index >= 15 is 0 Å². The van der Waals surface area contributed by atoms with Crippen LogP contribution in [0.2, 0.25) is 0 Å². The molecule has 1 aromatic carbocycles. The van der Waals surface area contributed by atoms with Gasteiger partial charge in [0.25, 0.3) is 0 Å². The molecule has 31 heavy (non-hydrogen) atoms. The van der Waals surface area contributed by atoms with Crippen LogP contribution in [0.4, 0.5) is 0 Å². The lowest BCUT2D eigenvalue weighted by molar-refractivity contribution is -0.141. The lowest BCUT2D eigenvalue weighted by Crippen LogP contribution is -2.54. The number of benzene rings is 1. The highest BCUT2D eigenvalue weighted by molar-refractivity contribution is 6.05. The maximum Gasteiger partial charge on any atom is 0.165 e. The van der Waals surface area contributed by atoms with Crippen LogP contribution in [0.15, 0.2) is 29.8 Å². The van der Waals surface area contributed by atoms with E-state index < -0.39 is 0 Å². The smallest absolute Gasteiger partial charge is 0.165 e. The number of aliphatic hydroxyl groups is 1. The number of ketones is 1. The zero-order chi connectivity index (χ0) is 22.0. The molecule has 0 heterocycles. The molecule has 1 N–H and O–H groups in total. The van der Waals surface area contributed by atoms with Crippen LogP contribution in [0.3, 0.4) is 0 Å². The van der Waals surface area contributed by atoms with Crippen LogP contribution in [-0.4, -0.2) is 17.0 Å². The number of carbonyl (C=O) groups excluding carboxylic acids is 1. The third kappa shape index (κ3) is 3.36. The summed E-state index contributed by atoms with van der Waals surface area (Å²) in [6.07, 6.45) is 10.9. The topological polar surface area (TPSA) is 37.3 Å². The first kappa shape index (κ1) is 21.4. The van der Waals surface area contributed by atoms with E-state index in [1.54, 1.807) is 0 Å². The Labute approximate surface area is 188 Å². The molecule has 0 aliphatic heterocycles. The van der Waals surface area contributed by atoms with E-state index in [9.17, 15) is 9.90 Å². The third-order valence-electron chi connectivity index (χ3n) is 10.2. The first-order valence-corrected chi connectivity index (χ1v) is 12.8. The van der Waals surface area contributed by atoms with E-state index in [1.807, 2.05) is 0 Å². The van der Waals surface area contributed by atoms with E-state index in [0.717, 1.165) is 37.2 Å². The molecule has 4 aliphatic rings. The van der Waals surface area contributed by atoms with Crippen molar-refractivity contribution in [1.29, 1.82) is 0 Å². The molecule has 4 fully saturated rings. The predicted molar refractivity (Wildman–Crippen MR) is 127 cm³/mol. The fourth-order valence-electron chi connectivity index (χ4n) is 8.21. The van der Waals surface area contributed by atoms with Crippen molar-refractivity contribution in [1.82, 2.24) is 0 Å². The molecule has 5 rings (SSSR count). The van der Waals surface area contributed by atoms with Gasteiger partial charge < -0.3 is 5.11 Å². The second-order valence-corrected chi connectivity index (χ2v) is 12.1. The maximum absolute atomic E-state index is 13.6. The van der Waals surface area contributed by atoms with Gasteiger partial charge >= 0.3 is 0 Å². The van der Waals surface area contributed by atoms with Crippen LogP contribution in [0, 0.1) is 34.5 Å². The minimum Gasteiger partial charge on any atom is -0.393 e. The maximum atomic E-state index is 13.6. The molecule has 0 amide bonds. The van der Waals surface area contributed by atoms with Gasteiger partial charge in [-0.1, -0.05) is 52.0 Å². The Bertz CT molecular complexity index is 881. The van der Waals surface area contributed by atoms with Crippen LogP contribution in [0.25, 0.3) is 6.08 Å². The number of rotatable bonds is 2. The van der Waals surface area contributed by atoms with E-state index in [0.29, 0.717) is 34.9 Å². The average Bonchev–Trinajstić information content (AvgIpc) is 2.99. The van der Waals surface area contributed by atoms with Crippen molar-refractivity contribution in [3.8, 4) is 0 Å². The Morgan fingerprint density at radius 1 is 1.00 bits per heavy atom. The number of aliphatic hydroxyl groups excluding tert-OH is 1. The summed E-state index contributed by atoms with van der Waals surface area (Å²) < 4.78 is 0. The molecule has 0 saturated heterocycles. The van der Waals surface area contributed by atoms with Crippen LogP contribution >= 0.6 is 0 Å². The van der Waals surface area contributed by atoms with Gasteiger partial charge in [0.05, 0.1) is 6.10 Å². The highest BCUT2D eigenvalue weighted by Gasteiger charge is 2.61. The van der Waals surface area contributed by atoms with Crippen LogP contribution in [0.5, 0.6) is 0 Å².